The summed E-state index contributed by atoms with van der Waals surface area (Å²) < 4.78 is 5.32. The highest BCUT2D eigenvalue weighted by atomic mass is 16.5. The number of fused-ring (bicyclic) bond motifs is 1. The molecule has 144 valence electrons. The average Bonchev–Trinajstić information content (AvgIpc) is 3.23. The molecule has 1 saturated heterocycles. The molecule has 0 spiro atoms. The van der Waals surface area contributed by atoms with Crippen molar-refractivity contribution < 1.29 is 9.53 Å². The number of hydrogen-bond donors (Lipinski definition) is 2. The van der Waals surface area contributed by atoms with Gasteiger partial charge in [-0.2, -0.15) is 0 Å². The van der Waals surface area contributed by atoms with E-state index in [1.807, 2.05) is 61.8 Å². The van der Waals surface area contributed by atoms with Crippen molar-refractivity contribution in [3.8, 4) is 5.75 Å². The lowest BCUT2D eigenvalue weighted by molar-refractivity contribution is -0.134. The molecule has 2 atom stereocenters. The van der Waals surface area contributed by atoms with Gasteiger partial charge in [-0.15, -0.1) is 0 Å². The highest BCUT2D eigenvalue weighted by Crippen LogP contribution is 2.29. The van der Waals surface area contributed by atoms with Gasteiger partial charge in [-0.3, -0.25) is 15.2 Å². The SMILES string of the molecule is COc1cccc(C2NNCC2C(=O)N(C)Cc2cnc3ccccc3c2)c1. The molecule has 2 unspecified atom stereocenters. The minimum absolute atomic E-state index is 0.0958. The number of pyridine rings is 1. The van der Waals surface area contributed by atoms with Gasteiger partial charge in [0.05, 0.1) is 24.6 Å². The van der Waals surface area contributed by atoms with Gasteiger partial charge in [0, 0.05) is 31.7 Å². The van der Waals surface area contributed by atoms with Crippen molar-refractivity contribution in [1.29, 1.82) is 0 Å². The van der Waals surface area contributed by atoms with Gasteiger partial charge in [-0.25, -0.2) is 5.43 Å². The first-order chi connectivity index (χ1) is 13.7. The van der Waals surface area contributed by atoms with Crippen LogP contribution in [0.25, 0.3) is 10.9 Å². The molecule has 0 radical (unpaired) electrons. The van der Waals surface area contributed by atoms with Gasteiger partial charge in [-0.05, 0) is 35.4 Å². The molecule has 0 bridgehead atoms. The molecule has 1 aliphatic rings. The van der Waals surface area contributed by atoms with Crippen molar-refractivity contribution in [3.63, 3.8) is 0 Å². The van der Waals surface area contributed by atoms with Crippen molar-refractivity contribution in [2.45, 2.75) is 12.6 Å². The van der Waals surface area contributed by atoms with Crippen LogP contribution in [0.5, 0.6) is 5.75 Å². The molecule has 1 fully saturated rings. The fourth-order valence-corrected chi connectivity index (χ4v) is 3.72. The van der Waals surface area contributed by atoms with Crippen LogP contribution < -0.4 is 15.6 Å². The Morgan fingerprint density at radius 3 is 2.93 bits per heavy atom. The lowest BCUT2D eigenvalue weighted by Crippen LogP contribution is -2.36. The fraction of sp³-hybridized carbons (Fsp3) is 0.273. The second kappa shape index (κ2) is 7.96. The molecule has 1 amide bonds. The summed E-state index contributed by atoms with van der Waals surface area (Å²) in [6.45, 7) is 1.11. The maximum absolute atomic E-state index is 13.1. The molecule has 2 aromatic carbocycles. The largest absolute Gasteiger partial charge is 0.497 e. The van der Waals surface area contributed by atoms with Crippen LogP contribution in [0.3, 0.4) is 0 Å². The van der Waals surface area contributed by atoms with Crippen LogP contribution in [0.4, 0.5) is 0 Å². The van der Waals surface area contributed by atoms with Gasteiger partial charge < -0.3 is 9.64 Å². The molecule has 1 aromatic heterocycles. The number of methoxy groups -OCH3 is 1. The van der Waals surface area contributed by atoms with Gasteiger partial charge in [-0.1, -0.05) is 30.3 Å². The van der Waals surface area contributed by atoms with Crippen molar-refractivity contribution in [2.24, 2.45) is 5.92 Å². The van der Waals surface area contributed by atoms with Crippen molar-refractivity contribution >= 4 is 16.8 Å². The van der Waals surface area contributed by atoms with E-state index in [9.17, 15) is 4.79 Å². The van der Waals surface area contributed by atoms with E-state index in [0.29, 0.717) is 13.1 Å². The Hall–Kier alpha value is -2.96. The van der Waals surface area contributed by atoms with E-state index < -0.39 is 0 Å². The van der Waals surface area contributed by atoms with Crippen LogP contribution in [0.15, 0.2) is 60.8 Å². The normalized spacial score (nSPS) is 18.9. The topological polar surface area (TPSA) is 66.5 Å². The number of nitrogens with zero attached hydrogens (tertiary/aromatic N) is 2. The maximum atomic E-state index is 13.1. The summed E-state index contributed by atoms with van der Waals surface area (Å²) in [6, 6.07) is 17.8. The Balaban J connectivity index is 1.50. The first-order valence-electron chi connectivity index (χ1n) is 9.36. The molecule has 4 rings (SSSR count). The van der Waals surface area contributed by atoms with E-state index in [2.05, 4.69) is 21.9 Å². The fourth-order valence-electron chi connectivity index (χ4n) is 3.72. The molecule has 0 aliphatic carbocycles. The number of hydrazine groups is 1. The molecule has 6 nitrogen and oxygen atoms in total. The van der Waals surface area contributed by atoms with Crippen molar-refractivity contribution in [3.05, 3.63) is 71.9 Å². The standard InChI is InChI=1S/C22H24N4O2/c1-26(14-15-10-16-6-3-4-9-20(16)23-12-15)22(27)19-13-24-25-21(19)17-7-5-8-18(11-17)28-2/h3-12,19,21,24-25H,13-14H2,1-2H3. The number of rotatable bonds is 5. The van der Waals surface area contributed by atoms with E-state index in [0.717, 1.165) is 27.8 Å². The summed E-state index contributed by atoms with van der Waals surface area (Å²) in [7, 11) is 3.49. The summed E-state index contributed by atoms with van der Waals surface area (Å²) in [5.41, 5.74) is 9.38. The molecule has 28 heavy (non-hydrogen) atoms. The first kappa shape index (κ1) is 18.4. The van der Waals surface area contributed by atoms with Crippen molar-refractivity contribution in [1.82, 2.24) is 20.7 Å². The number of benzene rings is 2. The summed E-state index contributed by atoms with van der Waals surface area (Å²) in [5, 5.41) is 1.08. The number of hydrogen-bond acceptors (Lipinski definition) is 5. The zero-order valence-corrected chi connectivity index (χ0v) is 16.1. The number of amides is 1. The second-order valence-electron chi connectivity index (χ2n) is 7.12. The van der Waals surface area contributed by atoms with Gasteiger partial charge in [0.2, 0.25) is 5.91 Å². The molecule has 0 saturated carbocycles. The van der Waals surface area contributed by atoms with Crippen LogP contribution in [-0.2, 0) is 11.3 Å². The Kier molecular flexibility index (Phi) is 5.23. The van der Waals surface area contributed by atoms with Crippen LogP contribution in [0.1, 0.15) is 17.2 Å². The Bertz CT molecular complexity index is 991. The quantitative estimate of drug-likeness (QED) is 0.717. The number of nitrogens with one attached hydrogen (secondary N) is 2. The molecular formula is C22H24N4O2. The van der Waals surface area contributed by atoms with Crippen LogP contribution >= 0.6 is 0 Å². The lowest BCUT2D eigenvalue weighted by atomic mass is 9.93. The predicted octanol–water partition coefficient (Wildman–Crippen LogP) is 2.67. The number of carbonyl (C=O) groups excluding carboxylic acids is 1. The maximum Gasteiger partial charge on any atom is 0.229 e. The van der Waals surface area contributed by atoms with Crippen LogP contribution in [0.2, 0.25) is 0 Å². The molecule has 2 N–H and O–H groups in total. The number of aromatic nitrogens is 1. The van der Waals surface area contributed by atoms with Gasteiger partial charge in [0.15, 0.2) is 0 Å². The van der Waals surface area contributed by atoms with E-state index in [-0.39, 0.29) is 17.9 Å². The lowest BCUT2D eigenvalue weighted by Gasteiger charge is -2.25. The van der Waals surface area contributed by atoms with E-state index in [1.54, 1.807) is 12.0 Å². The highest BCUT2D eigenvalue weighted by molar-refractivity contribution is 5.81. The third-order valence-corrected chi connectivity index (χ3v) is 5.20. The summed E-state index contributed by atoms with van der Waals surface area (Å²) >= 11 is 0. The van der Waals surface area contributed by atoms with E-state index in [4.69, 9.17) is 4.74 Å². The van der Waals surface area contributed by atoms with Gasteiger partial charge in [0.25, 0.3) is 0 Å². The number of ether oxygens (including phenoxy) is 1. The summed E-state index contributed by atoms with van der Waals surface area (Å²) in [6.07, 6.45) is 1.84. The third-order valence-electron chi connectivity index (χ3n) is 5.20. The summed E-state index contributed by atoms with van der Waals surface area (Å²) in [4.78, 5) is 19.4. The van der Waals surface area contributed by atoms with E-state index in [1.165, 1.54) is 0 Å². The second-order valence-corrected chi connectivity index (χ2v) is 7.12. The zero-order chi connectivity index (χ0) is 19.5. The Morgan fingerprint density at radius 1 is 1.21 bits per heavy atom. The Labute approximate surface area is 164 Å². The van der Waals surface area contributed by atoms with Gasteiger partial charge in [0.1, 0.15) is 5.75 Å². The van der Waals surface area contributed by atoms with Gasteiger partial charge >= 0.3 is 0 Å². The molecule has 2 heterocycles. The summed E-state index contributed by atoms with van der Waals surface area (Å²) in [5.74, 6) is 0.692. The van der Waals surface area contributed by atoms with Crippen LogP contribution in [0, 0.1) is 5.92 Å². The number of para-hydroxylation sites is 1. The predicted molar refractivity (Wildman–Crippen MR) is 109 cm³/mol. The molecular weight excluding hydrogens is 352 g/mol. The van der Waals surface area contributed by atoms with Crippen molar-refractivity contribution in [2.75, 3.05) is 20.7 Å². The monoisotopic (exact) mass is 376 g/mol. The first-order valence-corrected chi connectivity index (χ1v) is 9.36. The minimum Gasteiger partial charge on any atom is -0.497 e. The van der Waals surface area contributed by atoms with E-state index >= 15 is 0 Å². The molecule has 6 heteroatoms. The number of carbonyl (C=O) groups is 1. The third kappa shape index (κ3) is 3.69. The minimum atomic E-state index is -0.189. The smallest absolute Gasteiger partial charge is 0.229 e. The average molecular weight is 376 g/mol. The zero-order valence-electron chi connectivity index (χ0n) is 16.1. The van der Waals surface area contributed by atoms with Crippen LogP contribution in [-0.4, -0.2) is 36.5 Å². The molecule has 1 aliphatic heterocycles. The highest BCUT2D eigenvalue weighted by Gasteiger charge is 2.35. The Morgan fingerprint density at radius 2 is 2.07 bits per heavy atom. The molecule has 3 aromatic rings.